The lowest BCUT2D eigenvalue weighted by Crippen LogP contribution is -2.00. The Hall–Kier alpha value is -5.50. The van der Waals surface area contributed by atoms with E-state index >= 15 is 0 Å². The smallest absolute Gasteiger partial charge is 0.123 e. The number of unbranched alkanes of at least 4 members (excludes halogenated alkanes) is 13. The fourth-order valence-corrected chi connectivity index (χ4v) is 6.46. The highest BCUT2D eigenvalue weighted by Gasteiger charge is 2.10. The highest BCUT2D eigenvalue weighted by molar-refractivity contribution is 5.65. The van der Waals surface area contributed by atoms with E-state index < -0.39 is 0 Å². The number of hydrogen-bond acceptors (Lipinski definition) is 8. The number of rotatable bonds is 23. The fraction of sp³-hybridized carbons (Fsp3) is 0.348. The van der Waals surface area contributed by atoms with Crippen molar-refractivity contribution in [2.75, 3.05) is 13.2 Å². The Morgan fingerprint density at radius 2 is 0.667 bits per heavy atom. The highest BCUT2D eigenvalue weighted by atomic mass is 16.5. The van der Waals surface area contributed by atoms with Gasteiger partial charge in [0, 0.05) is 43.0 Å². The van der Waals surface area contributed by atoms with E-state index in [0.717, 1.165) is 76.5 Å². The third kappa shape index (κ3) is 12.6. The van der Waals surface area contributed by atoms with Crippen LogP contribution in [0.1, 0.15) is 89.9 Å². The Morgan fingerprint density at radius 3 is 1.15 bits per heavy atom. The lowest BCUT2D eigenvalue weighted by molar-refractivity contribution is 0.304. The summed E-state index contributed by atoms with van der Waals surface area (Å²) in [6.45, 7) is 1.43. The molecule has 8 nitrogen and oxygen atoms in total. The minimum absolute atomic E-state index is 0.702. The number of aromatic nitrogens is 6. The van der Waals surface area contributed by atoms with Gasteiger partial charge in [-0.05, 0) is 67.4 Å². The molecule has 0 fully saturated rings. The lowest BCUT2D eigenvalue weighted by atomic mass is 10.0. The van der Waals surface area contributed by atoms with Gasteiger partial charge in [0.25, 0.3) is 0 Å². The van der Waals surface area contributed by atoms with Gasteiger partial charge in [0.05, 0.1) is 58.8 Å². The second kappa shape index (κ2) is 21.9. The van der Waals surface area contributed by atoms with Gasteiger partial charge < -0.3 is 9.47 Å². The molecule has 54 heavy (non-hydrogen) atoms. The molecular weight excluding hydrogens is 669 g/mol. The first kappa shape index (κ1) is 38.2. The zero-order valence-electron chi connectivity index (χ0n) is 31.4. The van der Waals surface area contributed by atoms with Crippen molar-refractivity contribution in [1.29, 1.82) is 0 Å². The van der Waals surface area contributed by atoms with Crippen molar-refractivity contribution in [3.8, 4) is 57.1 Å². The van der Waals surface area contributed by atoms with Crippen LogP contribution >= 0.6 is 0 Å². The SMILES string of the molecule is c1ccc(-c2cccc(-c3cc(OCCCCCCCCCCCCCCCCOc4cc(-c5ccccn5)nc(-c5ccccn5)c4)ccn3)n2)nc1. The molecule has 0 N–H and O–H groups in total. The maximum absolute atomic E-state index is 6.19. The van der Waals surface area contributed by atoms with Gasteiger partial charge in [-0.25, -0.2) is 9.97 Å². The molecule has 0 aliphatic heterocycles. The average Bonchev–Trinajstić information content (AvgIpc) is 3.24. The summed E-state index contributed by atoms with van der Waals surface area (Å²) in [5, 5.41) is 0. The zero-order valence-corrected chi connectivity index (χ0v) is 31.4. The van der Waals surface area contributed by atoms with Crippen molar-refractivity contribution in [2.24, 2.45) is 0 Å². The molecule has 0 bridgehead atoms. The molecule has 0 unspecified atom stereocenters. The lowest BCUT2D eigenvalue weighted by Gasteiger charge is -2.10. The van der Waals surface area contributed by atoms with Crippen LogP contribution in [0, 0.1) is 0 Å². The molecule has 0 radical (unpaired) electrons. The summed E-state index contributed by atoms with van der Waals surface area (Å²) >= 11 is 0. The average molecular weight is 721 g/mol. The van der Waals surface area contributed by atoms with Gasteiger partial charge in [-0.1, -0.05) is 101 Å². The van der Waals surface area contributed by atoms with Crippen LogP contribution in [0.15, 0.2) is 122 Å². The van der Waals surface area contributed by atoms with Crippen LogP contribution in [-0.2, 0) is 0 Å². The number of hydrogen-bond donors (Lipinski definition) is 0. The number of nitrogens with zero attached hydrogens (tertiary/aromatic N) is 6. The van der Waals surface area contributed by atoms with Gasteiger partial charge in [0.15, 0.2) is 0 Å². The predicted molar refractivity (Wildman–Crippen MR) is 217 cm³/mol. The monoisotopic (exact) mass is 720 g/mol. The summed E-state index contributed by atoms with van der Waals surface area (Å²) in [6.07, 6.45) is 24.9. The van der Waals surface area contributed by atoms with E-state index in [1.807, 2.05) is 97.1 Å². The summed E-state index contributed by atoms with van der Waals surface area (Å²) in [5.41, 5.74) is 6.56. The van der Waals surface area contributed by atoms with Crippen LogP contribution in [0.25, 0.3) is 45.6 Å². The van der Waals surface area contributed by atoms with Crippen molar-refractivity contribution >= 4 is 0 Å². The van der Waals surface area contributed by atoms with E-state index in [4.69, 9.17) is 19.4 Å². The van der Waals surface area contributed by atoms with Crippen LogP contribution in [-0.4, -0.2) is 43.1 Å². The molecule has 278 valence electrons. The van der Waals surface area contributed by atoms with E-state index in [2.05, 4.69) is 19.9 Å². The van der Waals surface area contributed by atoms with E-state index in [9.17, 15) is 0 Å². The molecule has 6 heterocycles. The third-order valence-electron chi connectivity index (χ3n) is 9.40. The van der Waals surface area contributed by atoms with Crippen molar-refractivity contribution in [3.05, 3.63) is 122 Å². The van der Waals surface area contributed by atoms with Crippen molar-refractivity contribution < 1.29 is 9.47 Å². The van der Waals surface area contributed by atoms with E-state index in [1.165, 1.54) is 77.0 Å². The van der Waals surface area contributed by atoms with Crippen LogP contribution in [0.5, 0.6) is 11.5 Å². The summed E-state index contributed by atoms with van der Waals surface area (Å²) in [4.78, 5) is 27.5. The molecule has 8 heteroatoms. The second-order valence-electron chi connectivity index (χ2n) is 13.6. The first-order valence-electron chi connectivity index (χ1n) is 19.8. The zero-order chi connectivity index (χ0) is 36.9. The number of pyridine rings is 6. The van der Waals surface area contributed by atoms with Crippen LogP contribution in [0.4, 0.5) is 0 Å². The van der Waals surface area contributed by atoms with Gasteiger partial charge in [-0.15, -0.1) is 0 Å². The van der Waals surface area contributed by atoms with Crippen molar-refractivity contribution in [3.63, 3.8) is 0 Å². The molecule has 0 amide bonds. The standard InChI is InChI=1S/C46H52N6O2/c1(3-5-7-9-11-19-32-53-37-27-31-50-44(34-37)43-26-21-25-42(51-43)39-22-13-16-28-47-39)2-4-6-8-10-12-20-33-54-38-35-45(40-23-14-17-29-48-40)52-46(36-38)41-24-15-18-30-49-41/h13-18,21-31,34-36H,1-12,19-20,32-33H2. The fourth-order valence-electron chi connectivity index (χ4n) is 6.46. The molecule has 0 atom stereocenters. The predicted octanol–water partition coefficient (Wildman–Crippen LogP) is 11.6. The molecule has 0 saturated heterocycles. The summed E-state index contributed by atoms with van der Waals surface area (Å²) < 4.78 is 12.3. The van der Waals surface area contributed by atoms with Crippen LogP contribution in [0.3, 0.4) is 0 Å². The Kier molecular flexibility index (Phi) is 15.5. The molecule has 0 spiro atoms. The van der Waals surface area contributed by atoms with Crippen molar-refractivity contribution in [2.45, 2.75) is 89.9 Å². The largest absolute Gasteiger partial charge is 0.493 e. The van der Waals surface area contributed by atoms with Crippen LogP contribution in [0.2, 0.25) is 0 Å². The molecule has 0 aromatic carbocycles. The van der Waals surface area contributed by atoms with Crippen LogP contribution < -0.4 is 9.47 Å². The van der Waals surface area contributed by atoms with Gasteiger partial charge in [0.2, 0.25) is 0 Å². The van der Waals surface area contributed by atoms with Gasteiger partial charge in [0.1, 0.15) is 11.5 Å². The Labute approximate surface area is 320 Å². The van der Waals surface area contributed by atoms with E-state index in [-0.39, 0.29) is 0 Å². The molecule has 0 saturated carbocycles. The molecular formula is C46H52N6O2. The topological polar surface area (TPSA) is 95.8 Å². The maximum atomic E-state index is 6.19. The second-order valence-corrected chi connectivity index (χ2v) is 13.6. The third-order valence-corrected chi connectivity index (χ3v) is 9.40. The number of ether oxygens (including phenoxy) is 2. The molecule has 6 aromatic rings. The Morgan fingerprint density at radius 1 is 0.296 bits per heavy atom. The summed E-state index contributed by atoms with van der Waals surface area (Å²) in [5.74, 6) is 1.65. The normalized spacial score (nSPS) is 11.0. The van der Waals surface area contributed by atoms with Crippen molar-refractivity contribution in [1.82, 2.24) is 29.9 Å². The Bertz CT molecular complexity index is 1880. The molecule has 6 rings (SSSR count). The Balaban J connectivity index is 0.759. The van der Waals surface area contributed by atoms with Gasteiger partial charge in [-0.2, -0.15) is 0 Å². The van der Waals surface area contributed by atoms with Gasteiger partial charge >= 0.3 is 0 Å². The first-order chi connectivity index (χ1) is 26.8. The van der Waals surface area contributed by atoms with E-state index in [1.54, 1.807) is 24.8 Å². The van der Waals surface area contributed by atoms with E-state index in [0.29, 0.717) is 6.61 Å². The molecule has 0 aliphatic rings. The summed E-state index contributed by atoms with van der Waals surface area (Å²) in [6, 6.07) is 31.4. The molecule has 0 aliphatic carbocycles. The highest BCUT2D eigenvalue weighted by Crippen LogP contribution is 2.27. The molecule has 6 aromatic heterocycles. The minimum atomic E-state index is 0.702. The minimum Gasteiger partial charge on any atom is -0.493 e. The quantitative estimate of drug-likeness (QED) is 0.0604. The first-order valence-corrected chi connectivity index (χ1v) is 19.8. The van der Waals surface area contributed by atoms with Gasteiger partial charge in [-0.3, -0.25) is 19.9 Å². The maximum Gasteiger partial charge on any atom is 0.123 e. The summed E-state index contributed by atoms with van der Waals surface area (Å²) in [7, 11) is 0.